The number of hydrogen-bond donors (Lipinski definition) is 0. The third-order valence-electron chi connectivity index (χ3n) is 2.21. The monoisotopic (exact) mass is 192 g/mol. The maximum Gasteiger partial charge on any atom is 0.345 e. The van der Waals surface area contributed by atoms with Crippen LogP contribution in [0.25, 0.3) is 0 Å². The Morgan fingerprint density at radius 3 is 2.38 bits per heavy atom. The number of alkyl halides is 2. The van der Waals surface area contributed by atoms with E-state index in [0.29, 0.717) is 18.3 Å². The summed E-state index contributed by atoms with van der Waals surface area (Å²) in [5.41, 5.74) is 0. The van der Waals surface area contributed by atoms with Gasteiger partial charge in [-0.3, -0.25) is 0 Å². The van der Waals surface area contributed by atoms with Gasteiger partial charge in [0.1, 0.15) is 0 Å². The Morgan fingerprint density at radius 1 is 1.31 bits per heavy atom. The van der Waals surface area contributed by atoms with E-state index in [1.54, 1.807) is 0 Å². The molecule has 3 heteroatoms. The summed E-state index contributed by atoms with van der Waals surface area (Å²) in [6.07, 6.45) is 4.73. The Hall–Kier alpha value is -0.440. The van der Waals surface area contributed by atoms with Crippen molar-refractivity contribution in [3.05, 3.63) is 12.2 Å². The first-order valence-electron chi connectivity index (χ1n) is 4.60. The van der Waals surface area contributed by atoms with Crippen molar-refractivity contribution in [2.45, 2.75) is 33.8 Å². The number of ether oxygens (including phenoxy) is 1. The minimum atomic E-state index is -2.63. The molecule has 2 atom stereocenters. The maximum atomic E-state index is 11.6. The predicted molar refractivity (Wildman–Crippen MR) is 49.7 cm³/mol. The van der Waals surface area contributed by atoms with Crippen LogP contribution in [-0.2, 0) is 4.74 Å². The second-order valence-corrected chi connectivity index (χ2v) is 3.28. The van der Waals surface area contributed by atoms with Crippen LogP contribution < -0.4 is 0 Å². The molecule has 0 aliphatic rings. The van der Waals surface area contributed by atoms with Crippen molar-refractivity contribution < 1.29 is 13.5 Å². The Morgan fingerprint density at radius 2 is 1.92 bits per heavy atom. The van der Waals surface area contributed by atoms with E-state index in [2.05, 4.69) is 17.7 Å². The Labute approximate surface area is 78.8 Å². The molecule has 0 aromatic heterocycles. The third kappa shape index (κ3) is 6.70. The quantitative estimate of drug-likeness (QED) is 0.585. The molecule has 0 aliphatic carbocycles. The molecule has 0 bridgehead atoms. The largest absolute Gasteiger partial charge is 0.345 e. The van der Waals surface area contributed by atoms with Crippen molar-refractivity contribution in [3.63, 3.8) is 0 Å². The Balaban J connectivity index is 3.55. The molecular formula is C10H18F2O. The minimum Gasteiger partial charge on any atom is -0.323 e. The molecule has 2 unspecified atom stereocenters. The molecule has 1 nitrogen and oxygen atoms in total. The average Bonchev–Trinajstić information content (AvgIpc) is 2.04. The van der Waals surface area contributed by atoms with E-state index in [1.807, 2.05) is 19.9 Å². The van der Waals surface area contributed by atoms with Gasteiger partial charge in [-0.2, -0.15) is 8.78 Å². The molecule has 0 aromatic rings. The van der Waals surface area contributed by atoms with Gasteiger partial charge in [0, 0.05) is 0 Å². The fraction of sp³-hybridized carbons (Fsp3) is 0.800. The highest BCUT2D eigenvalue weighted by Crippen LogP contribution is 2.16. The van der Waals surface area contributed by atoms with Crippen LogP contribution in [0.3, 0.4) is 0 Å². The van der Waals surface area contributed by atoms with Gasteiger partial charge in [-0.1, -0.05) is 26.0 Å². The van der Waals surface area contributed by atoms with Crippen LogP contribution in [0.2, 0.25) is 0 Å². The molecule has 0 aliphatic heterocycles. The molecule has 0 fully saturated rings. The summed E-state index contributed by atoms with van der Waals surface area (Å²) in [6, 6.07) is 0. The van der Waals surface area contributed by atoms with E-state index >= 15 is 0 Å². The Bertz CT molecular complexity index is 146. The first-order chi connectivity index (χ1) is 6.07. The summed E-state index contributed by atoms with van der Waals surface area (Å²) in [5.74, 6) is 0.807. The fourth-order valence-corrected chi connectivity index (χ4v) is 1.10. The molecule has 0 rings (SSSR count). The average molecular weight is 192 g/mol. The van der Waals surface area contributed by atoms with Gasteiger partial charge in [0.2, 0.25) is 0 Å². The van der Waals surface area contributed by atoms with E-state index in [1.165, 1.54) is 0 Å². The SMILES string of the molecule is CC=CC(C)C(C)CCOC(F)F. The highest BCUT2D eigenvalue weighted by molar-refractivity contribution is 4.85. The van der Waals surface area contributed by atoms with Gasteiger partial charge in [0.05, 0.1) is 6.61 Å². The molecule has 0 saturated carbocycles. The van der Waals surface area contributed by atoms with Crippen LogP contribution in [0.4, 0.5) is 8.78 Å². The van der Waals surface area contributed by atoms with Gasteiger partial charge in [-0.05, 0) is 25.2 Å². The summed E-state index contributed by atoms with van der Waals surface area (Å²) in [6.45, 7) is 3.58. The second kappa shape index (κ2) is 7.01. The van der Waals surface area contributed by atoms with Gasteiger partial charge in [-0.25, -0.2) is 0 Å². The van der Waals surface area contributed by atoms with Crippen molar-refractivity contribution in [2.24, 2.45) is 11.8 Å². The van der Waals surface area contributed by atoms with Crippen LogP contribution in [0.5, 0.6) is 0 Å². The van der Waals surface area contributed by atoms with Crippen LogP contribution in [-0.4, -0.2) is 13.2 Å². The van der Waals surface area contributed by atoms with E-state index in [0.717, 1.165) is 0 Å². The van der Waals surface area contributed by atoms with Crippen LogP contribution in [0.1, 0.15) is 27.2 Å². The Kier molecular flexibility index (Phi) is 6.77. The zero-order chi connectivity index (χ0) is 10.3. The zero-order valence-corrected chi connectivity index (χ0v) is 8.47. The fourth-order valence-electron chi connectivity index (χ4n) is 1.10. The number of rotatable bonds is 6. The predicted octanol–water partition coefficient (Wildman–Crippen LogP) is 3.46. The van der Waals surface area contributed by atoms with Gasteiger partial charge >= 0.3 is 6.61 Å². The summed E-state index contributed by atoms with van der Waals surface area (Å²) in [4.78, 5) is 0. The second-order valence-electron chi connectivity index (χ2n) is 3.28. The molecule has 0 N–H and O–H groups in total. The molecule has 0 radical (unpaired) electrons. The summed E-state index contributed by atoms with van der Waals surface area (Å²) in [7, 11) is 0. The number of hydrogen-bond acceptors (Lipinski definition) is 1. The minimum absolute atomic E-state index is 0.140. The zero-order valence-electron chi connectivity index (χ0n) is 8.47. The summed E-state index contributed by atoms with van der Waals surface area (Å²) >= 11 is 0. The van der Waals surface area contributed by atoms with Gasteiger partial charge < -0.3 is 4.74 Å². The lowest BCUT2D eigenvalue weighted by Crippen LogP contribution is -2.10. The molecular weight excluding hydrogens is 174 g/mol. The van der Waals surface area contributed by atoms with E-state index in [4.69, 9.17) is 0 Å². The highest BCUT2D eigenvalue weighted by Gasteiger charge is 2.10. The standard InChI is InChI=1S/C10H18F2O/c1-4-5-8(2)9(3)6-7-13-10(11)12/h4-5,8-10H,6-7H2,1-3H3. The van der Waals surface area contributed by atoms with Crippen molar-refractivity contribution in [1.82, 2.24) is 0 Å². The first kappa shape index (κ1) is 12.6. The van der Waals surface area contributed by atoms with Crippen LogP contribution in [0, 0.1) is 11.8 Å². The molecule has 78 valence electrons. The van der Waals surface area contributed by atoms with E-state index in [9.17, 15) is 8.78 Å². The van der Waals surface area contributed by atoms with E-state index < -0.39 is 6.61 Å². The lowest BCUT2D eigenvalue weighted by atomic mass is 9.93. The van der Waals surface area contributed by atoms with Crippen molar-refractivity contribution in [1.29, 1.82) is 0 Å². The van der Waals surface area contributed by atoms with Gasteiger partial charge in [-0.15, -0.1) is 0 Å². The van der Waals surface area contributed by atoms with Crippen molar-refractivity contribution in [3.8, 4) is 0 Å². The molecule has 0 amide bonds. The molecule has 0 saturated heterocycles. The van der Waals surface area contributed by atoms with Gasteiger partial charge in [0.15, 0.2) is 0 Å². The highest BCUT2D eigenvalue weighted by atomic mass is 19.3. The summed E-state index contributed by atoms with van der Waals surface area (Å²) in [5, 5.41) is 0. The van der Waals surface area contributed by atoms with Crippen LogP contribution in [0.15, 0.2) is 12.2 Å². The smallest absolute Gasteiger partial charge is 0.323 e. The van der Waals surface area contributed by atoms with E-state index in [-0.39, 0.29) is 6.61 Å². The molecule has 13 heavy (non-hydrogen) atoms. The van der Waals surface area contributed by atoms with Crippen LogP contribution >= 0.6 is 0 Å². The topological polar surface area (TPSA) is 9.23 Å². The third-order valence-corrected chi connectivity index (χ3v) is 2.21. The number of allylic oxidation sites excluding steroid dienone is 2. The van der Waals surface area contributed by atoms with Crippen molar-refractivity contribution in [2.75, 3.05) is 6.61 Å². The molecule has 0 aromatic carbocycles. The molecule has 0 spiro atoms. The van der Waals surface area contributed by atoms with Gasteiger partial charge in [0.25, 0.3) is 0 Å². The van der Waals surface area contributed by atoms with Crippen molar-refractivity contribution >= 4 is 0 Å². The lowest BCUT2D eigenvalue weighted by Gasteiger charge is -2.15. The molecule has 0 heterocycles. The normalized spacial score (nSPS) is 16.8. The lowest BCUT2D eigenvalue weighted by molar-refractivity contribution is -0.131. The summed E-state index contributed by atoms with van der Waals surface area (Å²) < 4.78 is 27.4. The first-order valence-corrected chi connectivity index (χ1v) is 4.60. The maximum absolute atomic E-state index is 11.6. The number of halogens is 2.